The molecule has 0 aliphatic carbocycles. The van der Waals surface area contributed by atoms with Crippen molar-refractivity contribution in [3.05, 3.63) is 29.8 Å². The first-order valence-electron chi connectivity index (χ1n) is 4.87. The molecule has 0 aromatic heterocycles. The van der Waals surface area contributed by atoms with Gasteiger partial charge in [-0.25, -0.2) is 0 Å². The molecule has 86 valence electrons. The second-order valence-electron chi connectivity index (χ2n) is 2.81. The maximum absolute atomic E-state index is 10.4. The van der Waals surface area contributed by atoms with E-state index in [4.69, 9.17) is 4.74 Å². The molecule has 0 saturated heterocycles. The minimum atomic E-state index is 0.321. The van der Waals surface area contributed by atoms with Gasteiger partial charge < -0.3 is 14.9 Å². The maximum Gasteiger partial charge on any atom is 0.212 e. The van der Waals surface area contributed by atoms with Gasteiger partial charge in [-0.15, -0.1) is 0 Å². The van der Waals surface area contributed by atoms with Gasteiger partial charge in [-0.3, -0.25) is 4.79 Å². The number of ether oxygens (including phenoxy) is 1. The van der Waals surface area contributed by atoms with Crippen molar-refractivity contribution in [1.29, 1.82) is 0 Å². The van der Waals surface area contributed by atoms with Gasteiger partial charge in [-0.05, 0) is 19.1 Å². The van der Waals surface area contributed by atoms with E-state index in [0.29, 0.717) is 30.2 Å². The molecule has 0 heterocycles. The molecule has 0 aliphatic rings. The van der Waals surface area contributed by atoms with Gasteiger partial charge in [0.05, 0.1) is 12.2 Å². The number of nitrogens with one attached hydrogen (secondary N) is 1. The number of oxime groups is 1. The third-order valence-electron chi connectivity index (χ3n) is 1.82. The van der Waals surface area contributed by atoms with Gasteiger partial charge >= 0.3 is 0 Å². The molecule has 0 radical (unpaired) electrons. The minimum absolute atomic E-state index is 0.321. The lowest BCUT2D eigenvalue weighted by Crippen LogP contribution is -2.23. The second kappa shape index (κ2) is 6.44. The van der Waals surface area contributed by atoms with Crippen LogP contribution >= 0.6 is 0 Å². The van der Waals surface area contributed by atoms with E-state index >= 15 is 0 Å². The third kappa shape index (κ3) is 2.98. The van der Waals surface area contributed by atoms with Crippen molar-refractivity contribution in [2.24, 2.45) is 5.16 Å². The number of carbonyl (C=O) groups is 1. The number of amides is 1. The van der Waals surface area contributed by atoms with E-state index in [1.807, 2.05) is 19.1 Å². The lowest BCUT2D eigenvalue weighted by Gasteiger charge is -2.10. The maximum atomic E-state index is 10.4. The lowest BCUT2D eigenvalue weighted by atomic mass is 10.2. The largest absolute Gasteiger partial charge is 0.493 e. The molecule has 1 aromatic rings. The molecule has 16 heavy (non-hydrogen) atoms. The summed E-state index contributed by atoms with van der Waals surface area (Å²) in [6.45, 7) is 2.43. The number of carbonyl (C=O) groups excluding carboxylic acids is 1. The molecule has 0 saturated carbocycles. The monoisotopic (exact) mass is 222 g/mol. The van der Waals surface area contributed by atoms with Crippen LogP contribution in [0.4, 0.5) is 0 Å². The standard InChI is InChI=1S/C11H14N2O3/c1-3-16-10-7-5-4-6-9(10)11(12-8-14)13-15-2/h4-8H,3H2,1-2H3,(H,12,13,14). The van der Waals surface area contributed by atoms with Crippen molar-refractivity contribution in [3.8, 4) is 5.75 Å². The van der Waals surface area contributed by atoms with E-state index in [-0.39, 0.29) is 0 Å². The van der Waals surface area contributed by atoms with Crippen molar-refractivity contribution >= 4 is 12.2 Å². The van der Waals surface area contributed by atoms with Crippen molar-refractivity contribution in [3.63, 3.8) is 0 Å². The van der Waals surface area contributed by atoms with Crippen molar-refractivity contribution in [2.75, 3.05) is 13.7 Å². The fraction of sp³-hybridized carbons (Fsp3) is 0.273. The minimum Gasteiger partial charge on any atom is -0.493 e. The van der Waals surface area contributed by atoms with E-state index in [9.17, 15) is 4.79 Å². The molecular weight excluding hydrogens is 208 g/mol. The molecule has 0 unspecified atom stereocenters. The molecule has 0 spiro atoms. The molecule has 1 amide bonds. The number of hydrogen-bond acceptors (Lipinski definition) is 4. The van der Waals surface area contributed by atoms with Crippen LogP contribution in [0.2, 0.25) is 0 Å². The Bertz CT molecular complexity index is 377. The van der Waals surface area contributed by atoms with Crippen LogP contribution in [0.3, 0.4) is 0 Å². The van der Waals surface area contributed by atoms with Crippen LogP contribution < -0.4 is 10.1 Å². The van der Waals surface area contributed by atoms with Crippen LogP contribution in [0.5, 0.6) is 5.75 Å². The van der Waals surface area contributed by atoms with Gasteiger partial charge in [0.25, 0.3) is 0 Å². The highest BCUT2D eigenvalue weighted by atomic mass is 16.6. The number of nitrogens with zero attached hydrogens (tertiary/aromatic N) is 1. The molecule has 0 fully saturated rings. The van der Waals surface area contributed by atoms with E-state index in [2.05, 4.69) is 15.3 Å². The smallest absolute Gasteiger partial charge is 0.212 e. The second-order valence-corrected chi connectivity index (χ2v) is 2.81. The van der Waals surface area contributed by atoms with Gasteiger partial charge in [0.15, 0.2) is 5.84 Å². The fourth-order valence-corrected chi connectivity index (χ4v) is 1.24. The topological polar surface area (TPSA) is 59.9 Å². The Balaban J connectivity index is 3.07. The zero-order valence-corrected chi connectivity index (χ0v) is 9.27. The summed E-state index contributed by atoms with van der Waals surface area (Å²) in [7, 11) is 1.41. The Hall–Kier alpha value is -2.04. The average Bonchev–Trinajstić information content (AvgIpc) is 2.30. The van der Waals surface area contributed by atoms with Crippen molar-refractivity contribution in [1.82, 2.24) is 5.32 Å². The number of amidine groups is 1. The first kappa shape index (κ1) is 12.0. The van der Waals surface area contributed by atoms with Crippen LogP contribution in [0.15, 0.2) is 29.4 Å². The normalized spacial score (nSPS) is 10.8. The quantitative estimate of drug-likeness (QED) is 0.352. The highest BCUT2D eigenvalue weighted by Crippen LogP contribution is 2.18. The van der Waals surface area contributed by atoms with Gasteiger partial charge in [0, 0.05) is 0 Å². The van der Waals surface area contributed by atoms with E-state index in [1.54, 1.807) is 12.1 Å². The summed E-state index contributed by atoms with van der Waals surface area (Å²) >= 11 is 0. The summed E-state index contributed by atoms with van der Waals surface area (Å²) < 4.78 is 5.42. The molecule has 1 N–H and O–H groups in total. The van der Waals surface area contributed by atoms with Crippen LogP contribution in [-0.2, 0) is 9.63 Å². The Morgan fingerprint density at radius 1 is 1.50 bits per heavy atom. The Morgan fingerprint density at radius 3 is 2.88 bits per heavy atom. The highest BCUT2D eigenvalue weighted by molar-refractivity contribution is 6.05. The predicted octanol–water partition coefficient (Wildman–Crippen LogP) is 1.14. The van der Waals surface area contributed by atoms with Crippen LogP contribution in [0, 0.1) is 0 Å². The summed E-state index contributed by atoms with van der Waals surface area (Å²) in [5, 5.41) is 6.18. The van der Waals surface area contributed by atoms with Crippen molar-refractivity contribution in [2.45, 2.75) is 6.92 Å². The Kier molecular flexibility index (Phi) is 4.85. The Labute approximate surface area is 94.0 Å². The van der Waals surface area contributed by atoms with Gasteiger partial charge in [-0.1, -0.05) is 17.3 Å². The summed E-state index contributed by atoms with van der Waals surface area (Å²) in [6, 6.07) is 7.27. The lowest BCUT2D eigenvalue weighted by molar-refractivity contribution is -0.108. The summed E-state index contributed by atoms with van der Waals surface area (Å²) in [5.41, 5.74) is 0.679. The number of para-hydroxylation sites is 1. The summed E-state index contributed by atoms with van der Waals surface area (Å²) in [5.74, 6) is 0.969. The van der Waals surface area contributed by atoms with E-state index in [1.165, 1.54) is 7.11 Å². The van der Waals surface area contributed by atoms with Gasteiger partial charge in [0.1, 0.15) is 12.9 Å². The summed E-state index contributed by atoms with van der Waals surface area (Å²) in [4.78, 5) is 15.1. The highest BCUT2D eigenvalue weighted by Gasteiger charge is 2.09. The predicted molar refractivity (Wildman–Crippen MR) is 60.4 cm³/mol. The number of hydrogen-bond donors (Lipinski definition) is 1. The number of benzene rings is 1. The molecule has 1 aromatic carbocycles. The molecular formula is C11H14N2O3. The third-order valence-corrected chi connectivity index (χ3v) is 1.82. The first-order valence-corrected chi connectivity index (χ1v) is 4.87. The number of rotatable bonds is 5. The SMILES string of the molecule is CCOc1ccccc1/C(=N/OC)NC=O. The molecule has 5 heteroatoms. The first-order chi connectivity index (χ1) is 7.83. The molecule has 1 rings (SSSR count). The van der Waals surface area contributed by atoms with Crippen LogP contribution in [0.25, 0.3) is 0 Å². The van der Waals surface area contributed by atoms with Crippen LogP contribution in [0.1, 0.15) is 12.5 Å². The van der Waals surface area contributed by atoms with Gasteiger partial charge in [-0.2, -0.15) is 0 Å². The van der Waals surface area contributed by atoms with Crippen molar-refractivity contribution < 1.29 is 14.4 Å². The van der Waals surface area contributed by atoms with Gasteiger partial charge in [0.2, 0.25) is 6.41 Å². The van der Waals surface area contributed by atoms with Crippen LogP contribution in [-0.4, -0.2) is 26.0 Å². The zero-order valence-electron chi connectivity index (χ0n) is 9.27. The molecule has 5 nitrogen and oxygen atoms in total. The zero-order chi connectivity index (χ0) is 11.8. The van der Waals surface area contributed by atoms with E-state index in [0.717, 1.165) is 0 Å². The summed E-state index contributed by atoms with van der Waals surface area (Å²) in [6.07, 6.45) is 0.542. The molecule has 0 aliphatic heterocycles. The van der Waals surface area contributed by atoms with E-state index < -0.39 is 0 Å². The fourth-order valence-electron chi connectivity index (χ4n) is 1.24. The molecule has 0 bridgehead atoms. The Morgan fingerprint density at radius 2 is 2.25 bits per heavy atom. The average molecular weight is 222 g/mol. The molecule has 0 atom stereocenters.